The van der Waals surface area contributed by atoms with Gasteiger partial charge in [0.2, 0.25) is 0 Å². The van der Waals surface area contributed by atoms with E-state index >= 15 is 0 Å². The summed E-state index contributed by atoms with van der Waals surface area (Å²) in [5.74, 6) is 3.24. The van der Waals surface area contributed by atoms with E-state index in [0.29, 0.717) is 23.4 Å². The molecule has 4 fully saturated rings. The maximum atomic E-state index is 12.2. The Labute approximate surface area is 117 Å². The molecule has 5 rings (SSSR count). The maximum Gasteiger partial charge on any atom is 0.254 e. The molecule has 1 aromatic heterocycles. The van der Waals surface area contributed by atoms with E-state index in [4.69, 9.17) is 11.8 Å². The highest BCUT2D eigenvalue weighted by Crippen LogP contribution is 2.53. The second-order valence-electron chi connectivity index (χ2n) is 6.55. The van der Waals surface area contributed by atoms with Gasteiger partial charge in [0.15, 0.2) is 0 Å². The molecule has 0 atom stereocenters. The Morgan fingerprint density at radius 1 is 1.21 bits per heavy atom. The fourth-order valence-corrected chi connectivity index (χ4v) is 4.96. The molecule has 5 heteroatoms. The molecule has 0 unspecified atom stereocenters. The molecule has 1 N–H and O–H groups in total. The Hall–Kier alpha value is -1.03. The van der Waals surface area contributed by atoms with Crippen LogP contribution < -0.4 is 5.32 Å². The molecule has 102 valence electrons. The summed E-state index contributed by atoms with van der Waals surface area (Å²) in [6.45, 7) is 0. The van der Waals surface area contributed by atoms with Crippen molar-refractivity contribution in [3.63, 3.8) is 0 Å². The summed E-state index contributed by atoms with van der Waals surface area (Å²) in [4.78, 5) is 12.2. The Morgan fingerprint density at radius 3 is 2.37 bits per heavy atom. The highest BCUT2D eigenvalue weighted by molar-refractivity contribution is 6.15. The number of nitrogens with zero attached hydrogens (tertiary/aromatic N) is 2. The Bertz CT molecular complexity index is 485. The van der Waals surface area contributed by atoms with Crippen molar-refractivity contribution in [1.82, 2.24) is 14.6 Å². The van der Waals surface area contributed by atoms with Crippen LogP contribution in [0.1, 0.15) is 42.5 Å². The summed E-state index contributed by atoms with van der Waals surface area (Å²) in [5, 5.41) is 7.08. The lowest BCUT2D eigenvalue weighted by Gasteiger charge is -2.54. The van der Waals surface area contributed by atoms with E-state index < -0.39 is 0 Å². The fourth-order valence-electron chi connectivity index (χ4n) is 4.81. The first-order valence-corrected chi connectivity index (χ1v) is 7.54. The Morgan fingerprint density at radius 2 is 1.84 bits per heavy atom. The van der Waals surface area contributed by atoms with Gasteiger partial charge < -0.3 is 5.32 Å². The molecule has 0 spiro atoms. The number of aromatic nitrogens is 2. The van der Waals surface area contributed by atoms with Gasteiger partial charge in [-0.3, -0.25) is 4.79 Å². The molecule has 0 saturated heterocycles. The number of carbonyl (C=O) groups excluding carboxylic acids is 1. The zero-order valence-electron chi connectivity index (χ0n) is 10.8. The number of nitrogens with one attached hydrogen (secondary N) is 1. The number of rotatable bonds is 2. The SMILES string of the molecule is O=C(NC1C2CC3CC(C2)CC1C3)c1cnn(Cl)c1. The number of amides is 1. The van der Waals surface area contributed by atoms with Crippen molar-refractivity contribution in [2.24, 2.45) is 23.7 Å². The molecule has 1 amide bonds. The zero-order valence-corrected chi connectivity index (χ0v) is 11.5. The van der Waals surface area contributed by atoms with Gasteiger partial charge in [-0.15, -0.1) is 0 Å². The first kappa shape index (κ1) is 11.8. The molecular weight excluding hydrogens is 262 g/mol. The fraction of sp³-hybridized carbons (Fsp3) is 0.714. The molecule has 19 heavy (non-hydrogen) atoms. The molecule has 4 aliphatic rings. The van der Waals surface area contributed by atoms with Crippen LogP contribution in [-0.4, -0.2) is 21.2 Å². The van der Waals surface area contributed by atoms with Crippen LogP contribution in [0, 0.1) is 23.7 Å². The minimum atomic E-state index is -0.0237. The number of halogens is 1. The summed E-state index contributed by atoms with van der Waals surface area (Å²) >= 11 is 5.69. The third-order valence-electron chi connectivity index (χ3n) is 5.34. The van der Waals surface area contributed by atoms with E-state index in [1.165, 1.54) is 38.3 Å². The van der Waals surface area contributed by atoms with Crippen molar-refractivity contribution in [2.45, 2.75) is 38.1 Å². The predicted molar refractivity (Wildman–Crippen MR) is 71.8 cm³/mol. The largest absolute Gasteiger partial charge is 0.349 e. The predicted octanol–water partition coefficient (Wildman–Crippen LogP) is 2.44. The lowest BCUT2D eigenvalue weighted by molar-refractivity contribution is -0.0119. The van der Waals surface area contributed by atoms with E-state index in [0.717, 1.165) is 16.0 Å². The summed E-state index contributed by atoms with van der Waals surface area (Å²) < 4.78 is 1.16. The van der Waals surface area contributed by atoms with Gasteiger partial charge in [-0.05, 0) is 55.8 Å². The summed E-state index contributed by atoms with van der Waals surface area (Å²) in [5.41, 5.74) is 0.559. The van der Waals surface area contributed by atoms with Gasteiger partial charge in [0.05, 0.1) is 18.0 Å². The standard InChI is InChI=1S/C14H18ClN3O/c15-18-7-12(6-16-18)14(19)17-13-10-2-8-1-9(4-10)5-11(13)3-8/h6-11,13H,1-5H2,(H,17,19). The third kappa shape index (κ3) is 1.97. The lowest BCUT2D eigenvalue weighted by Crippen LogP contribution is -2.55. The van der Waals surface area contributed by atoms with Crippen molar-refractivity contribution in [3.05, 3.63) is 18.0 Å². The van der Waals surface area contributed by atoms with Crippen LogP contribution in [0.4, 0.5) is 0 Å². The molecule has 4 saturated carbocycles. The second-order valence-corrected chi connectivity index (χ2v) is 6.89. The smallest absolute Gasteiger partial charge is 0.254 e. The van der Waals surface area contributed by atoms with Crippen molar-refractivity contribution in [1.29, 1.82) is 0 Å². The van der Waals surface area contributed by atoms with Crippen LogP contribution in [0.2, 0.25) is 0 Å². The lowest BCUT2D eigenvalue weighted by atomic mass is 9.54. The van der Waals surface area contributed by atoms with Gasteiger partial charge in [-0.2, -0.15) is 9.30 Å². The van der Waals surface area contributed by atoms with E-state index in [2.05, 4.69) is 10.4 Å². The third-order valence-corrected chi connectivity index (χ3v) is 5.52. The molecule has 1 heterocycles. The van der Waals surface area contributed by atoms with Gasteiger partial charge in [-0.25, -0.2) is 0 Å². The Balaban J connectivity index is 1.49. The number of hydrogen-bond donors (Lipinski definition) is 1. The van der Waals surface area contributed by atoms with Gasteiger partial charge >= 0.3 is 0 Å². The first-order chi connectivity index (χ1) is 9.19. The van der Waals surface area contributed by atoms with Crippen LogP contribution in [0.25, 0.3) is 0 Å². The van der Waals surface area contributed by atoms with E-state index in [-0.39, 0.29) is 5.91 Å². The van der Waals surface area contributed by atoms with Crippen molar-refractivity contribution in [3.8, 4) is 0 Å². The Kier molecular flexibility index (Phi) is 2.62. The molecule has 4 bridgehead atoms. The minimum absolute atomic E-state index is 0.0237. The summed E-state index contributed by atoms with van der Waals surface area (Å²) in [7, 11) is 0. The highest BCUT2D eigenvalue weighted by atomic mass is 35.5. The van der Waals surface area contributed by atoms with E-state index in [1.54, 1.807) is 6.20 Å². The van der Waals surface area contributed by atoms with Crippen LogP contribution in [-0.2, 0) is 0 Å². The van der Waals surface area contributed by atoms with Crippen molar-refractivity contribution >= 4 is 17.7 Å². The van der Waals surface area contributed by atoms with E-state index in [9.17, 15) is 4.79 Å². The van der Waals surface area contributed by atoms with Crippen molar-refractivity contribution in [2.75, 3.05) is 0 Å². The van der Waals surface area contributed by atoms with Crippen LogP contribution >= 0.6 is 11.8 Å². The molecular formula is C14H18ClN3O. The molecule has 0 radical (unpaired) electrons. The highest BCUT2D eigenvalue weighted by Gasteiger charge is 2.48. The van der Waals surface area contributed by atoms with Crippen molar-refractivity contribution < 1.29 is 4.79 Å². The molecule has 0 aliphatic heterocycles. The van der Waals surface area contributed by atoms with Gasteiger partial charge in [-0.1, -0.05) is 0 Å². The van der Waals surface area contributed by atoms with Gasteiger partial charge in [0.25, 0.3) is 5.91 Å². The molecule has 4 aliphatic carbocycles. The van der Waals surface area contributed by atoms with Crippen LogP contribution in [0.5, 0.6) is 0 Å². The minimum Gasteiger partial charge on any atom is -0.349 e. The maximum absolute atomic E-state index is 12.2. The average molecular weight is 280 g/mol. The summed E-state index contributed by atoms with van der Waals surface area (Å²) in [6.07, 6.45) is 9.77. The van der Waals surface area contributed by atoms with Gasteiger partial charge in [0, 0.05) is 17.8 Å². The molecule has 4 nitrogen and oxygen atoms in total. The number of hydrogen-bond acceptors (Lipinski definition) is 2. The number of carbonyl (C=O) groups is 1. The second kappa shape index (κ2) is 4.23. The normalized spacial score (nSPS) is 39.5. The summed E-state index contributed by atoms with van der Waals surface area (Å²) in [6, 6.07) is 0.374. The van der Waals surface area contributed by atoms with Crippen LogP contribution in [0.15, 0.2) is 12.4 Å². The quantitative estimate of drug-likeness (QED) is 0.904. The average Bonchev–Trinajstić information content (AvgIpc) is 2.79. The monoisotopic (exact) mass is 279 g/mol. The topological polar surface area (TPSA) is 46.9 Å². The zero-order chi connectivity index (χ0) is 13.0. The molecule has 1 aromatic rings. The van der Waals surface area contributed by atoms with E-state index in [1.807, 2.05) is 0 Å². The van der Waals surface area contributed by atoms with Crippen LogP contribution in [0.3, 0.4) is 0 Å². The molecule has 0 aromatic carbocycles. The first-order valence-electron chi connectivity index (χ1n) is 7.20. The van der Waals surface area contributed by atoms with Gasteiger partial charge in [0.1, 0.15) is 0 Å².